The molecule has 0 radical (unpaired) electrons. The summed E-state index contributed by atoms with van der Waals surface area (Å²) in [6, 6.07) is 8.91. The molecule has 1 aromatic rings. The summed E-state index contributed by atoms with van der Waals surface area (Å²) in [6.07, 6.45) is 15.8. The Balaban J connectivity index is 1.13. The summed E-state index contributed by atoms with van der Waals surface area (Å²) >= 11 is 0. The molecule has 214 valence electrons. The predicted molar refractivity (Wildman–Crippen MR) is 152 cm³/mol. The van der Waals surface area contributed by atoms with Gasteiger partial charge in [-0.15, -0.1) is 0 Å². The molecule has 3 aliphatic carbocycles. The molecule has 39 heavy (non-hydrogen) atoms. The van der Waals surface area contributed by atoms with Crippen LogP contribution in [0, 0.1) is 11.8 Å². The van der Waals surface area contributed by atoms with Gasteiger partial charge >= 0.3 is 0 Å². The van der Waals surface area contributed by atoms with Crippen LogP contribution in [0.4, 0.5) is 0 Å². The van der Waals surface area contributed by atoms with Crippen LogP contribution in [0.5, 0.6) is 0 Å². The minimum Gasteiger partial charge on any atom is -0.380 e. The first kappa shape index (κ1) is 27.2. The van der Waals surface area contributed by atoms with Crippen molar-refractivity contribution in [2.45, 2.75) is 113 Å². The first-order chi connectivity index (χ1) is 18.9. The van der Waals surface area contributed by atoms with E-state index >= 15 is 0 Å². The van der Waals surface area contributed by atoms with Crippen LogP contribution in [0.15, 0.2) is 24.3 Å². The number of nitrogens with zero attached hydrogens (tertiary/aromatic N) is 2. The fourth-order valence-electron chi connectivity index (χ4n) is 8.49. The van der Waals surface area contributed by atoms with E-state index in [0.29, 0.717) is 56.9 Å². The van der Waals surface area contributed by atoms with Crippen LogP contribution in [0.2, 0.25) is 0 Å². The van der Waals surface area contributed by atoms with E-state index in [0.717, 1.165) is 11.5 Å². The number of piperazine rings is 1. The molecule has 2 saturated heterocycles. The molecule has 7 heteroatoms. The zero-order chi connectivity index (χ0) is 27.0. The fraction of sp³-hybridized carbons (Fsp3) is 0.750. The molecule has 2 amide bonds. The molecular formula is C32H48N4O3. The SMILES string of the molecule is CC1NNC2(C3CCCCCCCC3)CCCC(c3ccc(C(=O)N4CCN(C(=O)C5(O)CC5)CC4)cc3)C12. The maximum atomic E-state index is 13.3. The first-order valence-electron chi connectivity index (χ1n) is 15.8. The fourth-order valence-corrected chi connectivity index (χ4v) is 8.49. The van der Waals surface area contributed by atoms with E-state index in [1.807, 2.05) is 17.0 Å². The summed E-state index contributed by atoms with van der Waals surface area (Å²) in [4.78, 5) is 29.3. The van der Waals surface area contributed by atoms with Gasteiger partial charge in [-0.1, -0.05) is 57.1 Å². The monoisotopic (exact) mass is 536 g/mol. The van der Waals surface area contributed by atoms with Crippen molar-refractivity contribution in [2.75, 3.05) is 26.2 Å². The number of nitrogens with one attached hydrogen (secondary N) is 2. The Morgan fingerprint density at radius 2 is 1.44 bits per heavy atom. The Morgan fingerprint density at radius 1 is 0.821 bits per heavy atom. The highest BCUT2D eigenvalue weighted by Gasteiger charge is 2.55. The van der Waals surface area contributed by atoms with Gasteiger partial charge < -0.3 is 14.9 Å². The summed E-state index contributed by atoms with van der Waals surface area (Å²) in [5.74, 6) is 1.66. The molecule has 2 aliphatic heterocycles. The lowest BCUT2D eigenvalue weighted by Crippen LogP contribution is -2.56. The Bertz CT molecular complexity index is 1020. The van der Waals surface area contributed by atoms with E-state index in [-0.39, 0.29) is 17.4 Å². The van der Waals surface area contributed by atoms with Crippen molar-refractivity contribution < 1.29 is 14.7 Å². The normalized spacial score (nSPS) is 33.5. The van der Waals surface area contributed by atoms with E-state index in [1.165, 1.54) is 76.2 Å². The molecule has 2 heterocycles. The van der Waals surface area contributed by atoms with Gasteiger partial charge in [0.2, 0.25) is 0 Å². The van der Waals surface area contributed by atoms with E-state index in [4.69, 9.17) is 0 Å². The van der Waals surface area contributed by atoms with Crippen molar-refractivity contribution in [1.82, 2.24) is 20.7 Å². The molecular weight excluding hydrogens is 488 g/mol. The number of fused-ring (bicyclic) bond motifs is 1. The van der Waals surface area contributed by atoms with Gasteiger partial charge in [0.05, 0.1) is 0 Å². The lowest BCUT2D eigenvalue weighted by atomic mass is 9.58. The van der Waals surface area contributed by atoms with Crippen LogP contribution in [-0.4, -0.2) is 70.1 Å². The van der Waals surface area contributed by atoms with Crippen LogP contribution < -0.4 is 10.9 Å². The zero-order valence-corrected chi connectivity index (χ0v) is 23.8. The van der Waals surface area contributed by atoms with Crippen molar-refractivity contribution in [3.63, 3.8) is 0 Å². The first-order valence-corrected chi connectivity index (χ1v) is 15.8. The van der Waals surface area contributed by atoms with Crippen LogP contribution in [-0.2, 0) is 4.79 Å². The number of hydrazine groups is 1. The number of benzene rings is 1. The van der Waals surface area contributed by atoms with Crippen molar-refractivity contribution in [2.24, 2.45) is 11.8 Å². The summed E-state index contributed by atoms with van der Waals surface area (Å²) in [5, 5.41) is 10.2. The van der Waals surface area contributed by atoms with Crippen LogP contribution in [0.1, 0.15) is 112 Å². The molecule has 0 spiro atoms. The third-order valence-corrected chi connectivity index (χ3v) is 10.9. The lowest BCUT2D eigenvalue weighted by molar-refractivity contribution is -0.143. The standard InChI is InChI=1S/C32H48N4O3/c1-23-28-27(11-8-16-32(28,34-33-23)26-9-6-4-2-3-5-7-10-26)24-12-14-25(15-13-24)29(37)35-19-21-36(22-20-35)30(38)31(39)17-18-31/h12-15,23,26-28,33-34,39H,2-11,16-22H2,1H3. The largest absolute Gasteiger partial charge is 0.380 e. The second-order valence-corrected chi connectivity index (χ2v) is 13.3. The molecule has 0 aromatic heterocycles. The van der Waals surface area contributed by atoms with Gasteiger partial charge in [0, 0.05) is 49.2 Å². The van der Waals surface area contributed by atoms with Crippen molar-refractivity contribution >= 4 is 11.8 Å². The molecule has 3 saturated carbocycles. The van der Waals surface area contributed by atoms with Crippen molar-refractivity contribution in [3.8, 4) is 0 Å². The van der Waals surface area contributed by atoms with Crippen LogP contribution in [0.3, 0.4) is 0 Å². The summed E-state index contributed by atoms with van der Waals surface area (Å²) < 4.78 is 0. The number of hydrogen-bond donors (Lipinski definition) is 3. The van der Waals surface area contributed by atoms with E-state index < -0.39 is 5.60 Å². The van der Waals surface area contributed by atoms with Crippen molar-refractivity contribution in [3.05, 3.63) is 35.4 Å². The van der Waals surface area contributed by atoms with Gasteiger partial charge in [0.15, 0.2) is 0 Å². The number of hydrogen-bond acceptors (Lipinski definition) is 5. The molecule has 4 atom stereocenters. The Kier molecular flexibility index (Phi) is 7.77. The maximum Gasteiger partial charge on any atom is 0.254 e. The predicted octanol–water partition coefficient (Wildman–Crippen LogP) is 4.37. The highest BCUT2D eigenvalue weighted by Crippen LogP contribution is 2.52. The lowest BCUT2D eigenvalue weighted by Gasteiger charge is -2.49. The van der Waals surface area contributed by atoms with E-state index in [2.05, 4.69) is 29.9 Å². The molecule has 5 fully saturated rings. The average molecular weight is 537 g/mol. The van der Waals surface area contributed by atoms with Gasteiger partial charge in [-0.25, -0.2) is 0 Å². The Labute approximate surface area is 234 Å². The van der Waals surface area contributed by atoms with Crippen LogP contribution >= 0.6 is 0 Å². The number of rotatable bonds is 4. The Hall–Kier alpha value is -1.96. The number of carbonyl (C=O) groups excluding carboxylic acids is 2. The molecule has 5 aliphatic rings. The molecule has 1 aromatic carbocycles. The minimum absolute atomic E-state index is 0.0416. The summed E-state index contributed by atoms with van der Waals surface area (Å²) in [7, 11) is 0. The molecule has 3 N–H and O–H groups in total. The number of aliphatic hydroxyl groups is 1. The topological polar surface area (TPSA) is 84.9 Å². The van der Waals surface area contributed by atoms with Gasteiger partial charge in [-0.05, 0) is 75.0 Å². The van der Waals surface area contributed by atoms with Gasteiger partial charge in [-0.2, -0.15) is 0 Å². The highest BCUT2D eigenvalue weighted by molar-refractivity contribution is 5.94. The minimum atomic E-state index is -1.13. The summed E-state index contributed by atoms with van der Waals surface area (Å²) in [5.41, 5.74) is 8.74. The van der Waals surface area contributed by atoms with Gasteiger partial charge in [-0.3, -0.25) is 20.4 Å². The third-order valence-electron chi connectivity index (χ3n) is 10.9. The molecule has 7 nitrogen and oxygen atoms in total. The van der Waals surface area contributed by atoms with Gasteiger partial charge in [0.1, 0.15) is 5.60 Å². The van der Waals surface area contributed by atoms with E-state index in [1.54, 1.807) is 4.90 Å². The maximum absolute atomic E-state index is 13.3. The molecule has 6 rings (SSSR count). The number of carbonyl (C=O) groups is 2. The average Bonchev–Trinajstić information content (AvgIpc) is 3.59. The van der Waals surface area contributed by atoms with Crippen molar-refractivity contribution in [1.29, 1.82) is 0 Å². The van der Waals surface area contributed by atoms with Crippen LogP contribution in [0.25, 0.3) is 0 Å². The smallest absolute Gasteiger partial charge is 0.254 e. The van der Waals surface area contributed by atoms with E-state index in [9.17, 15) is 14.7 Å². The zero-order valence-electron chi connectivity index (χ0n) is 23.8. The molecule has 4 unspecified atom stereocenters. The third kappa shape index (κ3) is 5.27. The second kappa shape index (κ2) is 11.1. The number of amides is 2. The van der Waals surface area contributed by atoms with Gasteiger partial charge in [0.25, 0.3) is 11.8 Å². The molecule has 0 bridgehead atoms. The highest BCUT2D eigenvalue weighted by atomic mass is 16.3. The Morgan fingerprint density at radius 3 is 2.08 bits per heavy atom. The quantitative estimate of drug-likeness (QED) is 0.532. The second-order valence-electron chi connectivity index (χ2n) is 13.3. The summed E-state index contributed by atoms with van der Waals surface area (Å²) in [6.45, 7) is 4.39.